The van der Waals surface area contributed by atoms with E-state index < -0.39 is 17.5 Å². The smallest absolute Gasteiger partial charge is 0.432 e. The summed E-state index contributed by atoms with van der Waals surface area (Å²) in [6.07, 6.45) is -1.54. The van der Waals surface area contributed by atoms with Gasteiger partial charge in [0.05, 0.1) is 35.5 Å². The average Bonchev–Trinajstić information content (AvgIpc) is 3.12. The van der Waals surface area contributed by atoms with Crippen molar-refractivity contribution in [2.75, 3.05) is 44.8 Å². The van der Waals surface area contributed by atoms with Crippen LogP contribution in [0.3, 0.4) is 0 Å². The van der Waals surface area contributed by atoms with E-state index >= 15 is 0 Å². The Bertz CT molecular complexity index is 730. The van der Waals surface area contributed by atoms with Crippen LogP contribution in [0, 0.1) is 10.1 Å². The highest BCUT2D eigenvalue weighted by Crippen LogP contribution is 2.30. The molecule has 1 atom stereocenters. The Morgan fingerprint density at radius 3 is 2.69 bits per heavy atom. The fourth-order valence-corrected chi connectivity index (χ4v) is 2.84. The Morgan fingerprint density at radius 2 is 2.00 bits per heavy atom. The van der Waals surface area contributed by atoms with Gasteiger partial charge in [-0.25, -0.2) is 4.79 Å². The Kier molecular flexibility index (Phi) is 9.03. The van der Waals surface area contributed by atoms with E-state index in [1.807, 2.05) is 0 Å². The lowest BCUT2D eigenvalue weighted by Crippen LogP contribution is -2.42. The third-order valence-electron chi connectivity index (χ3n) is 3.65. The molecule has 1 heterocycles. The normalized spacial score (nSPS) is 14.2. The highest BCUT2D eigenvalue weighted by atomic mass is 35.5. The van der Waals surface area contributed by atoms with Gasteiger partial charge in [0, 0.05) is 6.54 Å². The molecular formula is C16H20Cl2N4O7. The fraction of sp³-hybridized carbons (Fsp3) is 0.500. The molecular weight excluding hydrogens is 431 g/mol. The van der Waals surface area contributed by atoms with Gasteiger partial charge < -0.3 is 29.3 Å². The Morgan fingerprint density at radius 1 is 1.31 bits per heavy atom. The summed E-state index contributed by atoms with van der Waals surface area (Å²) in [5.74, 6) is 0.467. The summed E-state index contributed by atoms with van der Waals surface area (Å²) in [6.45, 7) is 2.48. The van der Waals surface area contributed by atoms with Crippen LogP contribution in [0.15, 0.2) is 23.2 Å². The lowest BCUT2D eigenvalue weighted by atomic mass is 10.3. The summed E-state index contributed by atoms with van der Waals surface area (Å²) >= 11 is 12.3. The number of ether oxygens (including phenoxy) is 3. The molecule has 0 radical (unpaired) electrons. The summed E-state index contributed by atoms with van der Waals surface area (Å²) in [4.78, 5) is 31.9. The van der Waals surface area contributed by atoms with Crippen molar-refractivity contribution >= 4 is 41.0 Å². The maximum absolute atomic E-state index is 11.8. The Labute approximate surface area is 176 Å². The first-order chi connectivity index (χ1) is 13.9. The second-order valence-corrected chi connectivity index (χ2v) is 6.42. The molecule has 29 heavy (non-hydrogen) atoms. The van der Waals surface area contributed by atoms with Crippen molar-refractivity contribution in [3.05, 3.63) is 38.4 Å². The molecule has 0 spiro atoms. The van der Waals surface area contributed by atoms with Gasteiger partial charge >= 0.3 is 6.16 Å². The van der Waals surface area contributed by atoms with Crippen molar-refractivity contribution < 1.29 is 28.9 Å². The number of hydrogen-bond acceptors (Lipinski definition) is 10. The van der Waals surface area contributed by atoms with Crippen LogP contribution in [0.4, 0.5) is 10.5 Å². The second kappa shape index (κ2) is 11.5. The van der Waals surface area contributed by atoms with Crippen molar-refractivity contribution in [1.82, 2.24) is 4.90 Å². The number of carbonyl (C=O) groups is 1. The molecule has 1 aliphatic heterocycles. The van der Waals surface area contributed by atoms with E-state index in [-0.39, 0.29) is 26.4 Å². The number of rotatable bonds is 10. The monoisotopic (exact) mass is 450 g/mol. The second-order valence-electron chi connectivity index (χ2n) is 5.61. The van der Waals surface area contributed by atoms with E-state index in [0.717, 1.165) is 0 Å². The van der Waals surface area contributed by atoms with E-state index in [1.165, 1.54) is 0 Å². The molecule has 0 bridgehead atoms. The number of para-hydroxylation sites is 1. The molecule has 1 aromatic carbocycles. The zero-order valence-corrected chi connectivity index (χ0v) is 17.0. The van der Waals surface area contributed by atoms with Crippen molar-refractivity contribution in [1.29, 1.82) is 0 Å². The maximum Gasteiger partial charge on any atom is 0.510 e. The van der Waals surface area contributed by atoms with Crippen molar-refractivity contribution in [3.63, 3.8) is 0 Å². The lowest BCUT2D eigenvalue weighted by Gasteiger charge is -2.27. The van der Waals surface area contributed by atoms with Gasteiger partial charge in [-0.1, -0.05) is 29.3 Å². The van der Waals surface area contributed by atoms with E-state index in [9.17, 15) is 14.9 Å². The van der Waals surface area contributed by atoms with Gasteiger partial charge in [0.2, 0.25) is 5.96 Å². The zero-order valence-electron chi connectivity index (χ0n) is 15.5. The molecule has 1 aliphatic rings. The Hall–Kier alpha value is -2.50. The molecule has 13 heteroatoms. The van der Waals surface area contributed by atoms with Gasteiger partial charge in [0.1, 0.15) is 13.2 Å². The molecule has 0 saturated carbocycles. The van der Waals surface area contributed by atoms with Crippen LogP contribution in [0.1, 0.15) is 6.92 Å². The highest BCUT2D eigenvalue weighted by molar-refractivity contribution is 6.39. The minimum Gasteiger partial charge on any atom is -0.432 e. The number of anilines is 1. The first-order valence-electron chi connectivity index (χ1n) is 8.59. The van der Waals surface area contributed by atoms with E-state index in [1.54, 1.807) is 30.0 Å². The predicted molar refractivity (Wildman–Crippen MR) is 105 cm³/mol. The minimum absolute atomic E-state index is 0.000330. The summed E-state index contributed by atoms with van der Waals surface area (Å²) < 4.78 is 15.2. The maximum atomic E-state index is 11.8. The number of nitrogens with one attached hydrogen (secondary N) is 1. The van der Waals surface area contributed by atoms with Gasteiger partial charge in [0.15, 0.2) is 6.23 Å². The van der Waals surface area contributed by atoms with Gasteiger partial charge in [-0.05, 0) is 19.1 Å². The van der Waals surface area contributed by atoms with Gasteiger partial charge in [-0.2, -0.15) is 0 Å². The van der Waals surface area contributed by atoms with Crippen LogP contribution in [0.2, 0.25) is 10.0 Å². The average molecular weight is 451 g/mol. The summed E-state index contributed by atoms with van der Waals surface area (Å²) in [5.41, 5.74) is 0.509. The van der Waals surface area contributed by atoms with Crippen LogP contribution in [0.25, 0.3) is 0 Å². The molecule has 11 nitrogen and oxygen atoms in total. The number of halogens is 2. The standard InChI is InChI=1S/C16H20Cl2N4O7/c1-11(29-16(23)27-9-7-26-8-10-28-22(24)25)21-6-5-19-15(21)20-14-12(17)3-2-4-13(14)18/h2-4,11H,5-10H2,1H3,(H,19,20). The SMILES string of the molecule is CC(OC(=O)OCCOCCO[N+](=O)[O-])N1CCN=C1Nc1c(Cl)cccc1Cl. The molecule has 0 aromatic heterocycles. The fourth-order valence-electron chi connectivity index (χ4n) is 2.35. The number of carbonyl (C=O) groups excluding carboxylic acids is 1. The highest BCUT2D eigenvalue weighted by Gasteiger charge is 2.26. The number of guanidine groups is 1. The third kappa shape index (κ3) is 7.44. The predicted octanol–water partition coefficient (Wildman–Crippen LogP) is 2.80. The molecule has 1 aromatic rings. The summed E-state index contributed by atoms with van der Waals surface area (Å²) in [6, 6.07) is 5.11. The van der Waals surface area contributed by atoms with E-state index in [2.05, 4.69) is 15.1 Å². The van der Waals surface area contributed by atoms with Crippen LogP contribution in [-0.2, 0) is 19.0 Å². The van der Waals surface area contributed by atoms with Crippen LogP contribution >= 0.6 is 23.2 Å². The van der Waals surface area contributed by atoms with E-state index in [0.29, 0.717) is 34.8 Å². The molecule has 0 amide bonds. The lowest BCUT2D eigenvalue weighted by molar-refractivity contribution is -0.758. The van der Waals surface area contributed by atoms with Crippen molar-refractivity contribution in [2.24, 2.45) is 4.99 Å². The topological polar surface area (TPSA) is 125 Å². The molecule has 1 N–H and O–H groups in total. The summed E-state index contributed by atoms with van der Waals surface area (Å²) in [7, 11) is 0. The number of benzene rings is 1. The summed E-state index contributed by atoms with van der Waals surface area (Å²) in [5, 5.41) is 13.0. The minimum atomic E-state index is -0.914. The number of hydrogen-bond donors (Lipinski definition) is 1. The number of aliphatic imine (C=N–C) groups is 1. The molecule has 2 rings (SSSR count). The van der Waals surface area contributed by atoms with Crippen molar-refractivity contribution in [3.8, 4) is 0 Å². The number of nitrogens with zero attached hydrogens (tertiary/aromatic N) is 3. The van der Waals surface area contributed by atoms with Gasteiger partial charge in [-0.3, -0.25) is 4.99 Å². The van der Waals surface area contributed by atoms with Crippen LogP contribution in [-0.4, -0.2) is 67.8 Å². The zero-order chi connectivity index (χ0) is 21.2. The molecule has 0 fully saturated rings. The third-order valence-corrected chi connectivity index (χ3v) is 4.28. The molecule has 0 saturated heterocycles. The van der Waals surface area contributed by atoms with Gasteiger partial charge in [-0.15, -0.1) is 10.1 Å². The van der Waals surface area contributed by atoms with Crippen LogP contribution < -0.4 is 5.32 Å². The first-order valence-corrected chi connectivity index (χ1v) is 9.34. The van der Waals surface area contributed by atoms with Crippen LogP contribution in [0.5, 0.6) is 0 Å². The first kappa shape index (κ1) is 22.8. The molecule has 0 aliphatic carbocycles. The largest absolute Gasteiger partial charge is 0.510 e. The Balaban J connectivity index is 1.73. The van der Waals surface area contributed by atoms with Crippen molar-refractivity contribution in [2.45, 2.75) is 13.2 Å². The quantitative estimate of drug-likeness (QED) is 0.247. The van der Waals surface area contributed by atoms with E-state index in [4.69, 9.17) is 37.4 Å². The molecule has 160 valence electrons. The molecule has 1 unspecified atom stereocenters. The van der Waals surface area contributed by atoms with Gasteiger partial charge in [0.25, 0.3) is 5.09 Å².